The minimum atomic E-state index is 0.0610. The van der Waals surface area contributed by atoms with Crippen LogP contribution in [0.4, 0.5) is 0 Å². The Hall–Kier alpha value is -0.610. The highest BCUT2D eigenvalue weighted by Gasteiger charge is 2.23. The number of piperidine rings is 1. The first-order valence-electron chi connectivity index (χ1n) is 5.74. The van der Waals surface area contributed by atoms with Crippen LogP contribution in [-0.4, -0.2) is 62.5 Å². The number of hydrogen-bond donors (Lipinski definition) is 1. The molecule has 15 heavy (non-hydrogen) atoms. The number of likely N-dealkylation sites (N-methyl/N-ethyl adjacent to an activating group) is 2. The van der Waals surface area contributed by atoms with Crippen LogP contribution >= 0.6 is 0 Å². The maximum Gasteiger partial charge on any atom is 0.239 e. The van der Waals surface area contributed by atoms with Crippen molar-refractivity contribution in [1.82, 2.24) is 15.1 Å². The van der Waals surface area contributed by atoms with Crippen molar-refractivity contribution >= 4 is 5.91 Å². The zero-order valence-corrected chi connectivity index (χ0v) is 10.1. The number of rotatable bonds is 4. The van der Waals surface area contributed by atoms with Crippen molar-refractivity contribution in [2.75, 3.05) is 40.8 Å². The molecule has 0 saturated carbocycles. The lowest BCUT2D eigenvalue weighted by molar-refractivity contribution is -0.132. The molecular weight excluding hydrogens is 190 g/mol. The second-order valence-corrected chi connectivity index (χ2v) is 4.57. The number of carbonyl (C=O) groups excluding carboxylic acids is 1. The van der Waals surface area contributed by atoms with Crippen LogP contribution < -0.4 is 5.32 Å². The topological polar surface area (TPSA) is 35.6 Å². The Bertz CT molecular complexity index is 200. The van der Waals surface area contributed by atoms with E-state index in [2.05, 4.69) is 10.2 Å². The molecule has 1 rings (SSSR count). The van der Waals surface area contributed by atoms with E-state index in [9.17, 15) is 4.79 Å². The second-order valence-electron chi connectivity index (χ2n) is 4.57. The molecule has 1 aliphatic rings. The molecular formula is C11H23N3O. The number of nitrogens with zero attached hydrogens (tertiary/aromatic N) is 2. The third kappa shape index (κ3) is 4.18. The van der Waals surface area contributed by atoms with Gasteiger partial charge in [0.1, 0.15) is 0 Å². The Morgan fingerprint density at radius 3 is 2.53 bits per heavy atom. The smallest absolute Gasteiger partial charge is 0.239 e. The molecule has 1 N–H and O–H groups in total. The van der Waals surface area contributed by atoms with Crippen LogP contribution in [0.2, 0.25) is 0 Å². The first-order chi connectivity index (χ1) is 7.11. The van der Waals surface area contributed by atoms with Gasteiger partial charge in [-0.3, -0.25) is 4.79 Å². The SMILES string of the molecule is CN(C)CCN(C)C(=O)C1CCCCN1. The van der Waals surface area contributed by atoms with E-state index in [4.69, 9.17) is 0 Å². The highest BCUT2D eigenvalue weighted by Crippen LogP contribution is 2.08. The van der Waals surface area contributed by atoms with Crippen LogP contribution in [-0.2, 0) is 4.79 Å². The van der Waals surface area contributed by atoms with Gasteiger partial charge in [-0.2, -0.15) is 0 Å². The Balaban J connectivity index is 2.30. The Morgan fingerprint density at radius 1 is 1.27 bits per heavy atom. The van der Waals surface area contributed by atoms with E-state index in [0.29, 0.717) is 0 Å². The standard InChI is InChI=1S/C11H23N3O/c1-13(2)8-9-14(3)11(15)10-6-4-5-7-12-10/h10,12H,4-9H2,1-3H3. The van der Waals surface area contributed by atoms with E-state index in [-0.39, 0.29) is 11.9 Å². The van der Waals surface area contributed by atoms with Crippen molar-refractivity contribution in [3.63, 3.8) is 0 Å². The molecule has 88 valence electrons. The first-order valence-corrected chi connectivity index (χ1v) is 5.74. The number of carbonyl (C=O) groups is 1. The van der Waals surface area contributed by atoms with Crippen LogP contribution in [0.3, 0.4) is 0 Å². The van der Waals surface area contributed by atoms with Gasteiger partial charge in [0.25, 0.3) is 0 Å². The van der Waals surface area contributed by atoms with Crippen LogP contribution in [0, 0.1) is 0 Å². The summed E-state index contributed by atoms with van der Waals surface area (Å²) in [5.74, 6) is 0.247. The summed E-state index contributed by atoms with van der Waals surface area (Å²) in [6.07, 6.45) is 3.36. The lowest BCUT2D eigenvalue weighted by atomic mass is 10.0. The first kappa shape index (κ1) is 12.5. The molecule has 0 aromatic heterocycles. The maximum absolute atomic E-state index is 12.0. The highest BCUT2D eigenvalue weighted by molar-refractivity contribution is 5.81. The summed E-state index contributed by atoms with van der Waals surface area (Å²) < 4.78 is 0. The third-order valence-corrected chi connectivity index (χ3v) is 2.87. The Kier molecular flexibility index (Phi) is 5.05. The van der Waals surface area contributed by atoms with E-state index < -0.39 is 0 Å². The van der Waals surface area contributed by atoms with Crippen molar-refractivity contribution in [3.8, 4) is 0 Å². The van der Waals surface area contributed by atoms with E-state index in [0.717, 1.165) is 26.1 Å². The second kappa shape index (κ2) is 6.08. The predicted octanol–water partition coefficient (Wildman–Crippen LogP) is 0.149. The van der Waals surface area contributed by atoms with Crippen LogP contribution in [0.15, 0.2) is 0 Å². The lowest BCUT2D eigenvalue weighted by Gasteiger charge is -2.28. The van der Waals surface area contributed by atoms with Gasteiger partial charge in [0, 0.05) is 20.1 Å². The van der Waals surface area contributed by atoms with E-state index in [1.807, 2.05) is 26.0 Å². The number of hydrogen-bond acceptors (Lipinski definition) is 3. The molecule has 0 spiro atoms. The summed E-state index contributed by atoms with van der Waals surface area (Å²) in [6, 6.07) is 0.0610. The van der Waals surface area contributed by atoms with Crippen molar-refractivity contribution in [3.05, 3.63) is 0 Å². The van der Waals surface area contributed by atoms with Gasteiger partial charge >= 0.3 is 0 Å². The highest BCUT2D eigenvalue weighted by atomic mass is 16.2. The molecule has 0 aliphatic carbocycles. The summed E-state index contributed by atoms with van der Waals surface area (Å²) >= 11 is 0. The van der Waals surface area contributed by atoms with E-state index in [1.165, 1.54) is 12.8 Å². The Labute approximate surface area is 92.6 Å². The summed E-state index contributed by atoms with van der Waals surface area (Å²) in [7, 11) is 5.94. The molecule has 0 bridgehead atoms. The van der Waals surface area contributed by atoms with Gasteiger partial charge in [0.15, 0.2) is 0 Å². The molecule has 0 aromatic rings. The van der Waals surface area contributed by atoms with E-state index in [1.54, 1.807) is 0 Å². The Morgan fingerprint density at radius 2 is 2.00 bits per heavy atom. The van der Waals surface area contributed by atoms with Gasteiger partial charge in [-0.05, 0) is 33.5 Å². The largest absolute Gasteiger partial charge is 0.343 e. The van der Waals surface area contributed by atoms with E-state index >= 15 is 0 Å². The molecule has 1 saturated heterocycles. The zero-order chi connectivity index (χ0) is 11.3. The zero-order valence-electron chi connectivity index (χ0n) is 10.1. The van der Waals surface area contributed by atoms with Crippen molar-refractivity contribution in [2.24, 2.45) is 0 Å². The summed E-state index contributed by atoms with van der Waals surface area (Å²) in [5.41, 5.74) is 0. The van der Waals surface area contributed by atoms with Crippen molar-refractivity contribution < 1.29 is 4.79 Å². The fraction of sp³-hybridized carbons (Fsp3) is 0.909. The minimum absolute atomic E-state index is 0.0610. The van der Waals surface area contributed by atoms with Gasteiger partial charge in [0.05, 0.1) is 6.04 Å². The summed E-state index contributed by atoms with van der Waals surface area (Å²) in [6.45, 7) is 2.72. The van der Waals surface area contributed by atoms with Gasteiger partial charge in [-0.25, -0.2) is 0 Å². The molecule has 0 radical (unpaired) electrons. The molecule has 1 unspecified atom stereocenters. The molecule has 1 fully saturated rings. The molecule has 0 aromatic carbocycles. The van der Waals surface area contributed by atoms with Gasteiger partial charge < -0.3 is 15.1 Å². The maximum atomic E-state index is 12.0. The predicted molar refractivity (Wildman–Crippen MR) is 61.8 cm³/mol. The monoisotopic (exact) mass is 213 g/mol. The molecule has 1 amide bonds. The number of amides is 1. The lowest BCUT2D eigenvalue weighted by Crippen LogP contribution is -2.48. The van der Waals surface area contributed by atoms with Crippen LogP contribution in [0.1, 0.15) is 19.3 Å². The van der Waals surface area contributed by atoms with Crippen LogP contribution in [0.5, 0.6) is 0 Å². The molecule has 1 aliphatic heterocycles. The fourth-order valence-electron chi connectivity index (χ4n) is 1.79. The molecule has 1 atom stereocenters. The summed E-state index contributed by atoms with van der Waals surface area (Å²) in [4.78, 5) is 15.9. The van der Waals surface area contributed by atoms with Crippen LogP contribution in [0.25, 0.3) is 0 Å². The average Bonchev–Trinajstić information content (AvgIpc) is 2.26. The summed E-state index contributed by atoms with van der Waals surface area (Å²) in [5, 5.41) is 3.28. The average molecular weight is 213 g/mol. The van der Waals surface area contributed by atoms with Gasteiger partial charge in [-0.1, -0.05) is 6.42 Å². The number of nitrogens with one attached hydrogen (secondary N) is 1. The molecule has 4 nitrogen and oxygen atoms in total. The molecule has 4 heteroatoms. The van der Waals surface area contributed by atoms with Crippen molar-refractivity contribution in [2.45, 2.75) is 25.3 Å². The van der Waals surface area contributed by atoms with Gasteiger partial charge in [-0.15, -0.1) is 0 Å². The van der Waals surface area contributed by atoms with Gasteiger partial charge in [0.2, 0.25) is 5.91 Å². The quantitative estimate of drug-likeness (QED) is 0.722. The fourth-order valence-corrected chi connectivity index (χ4v) is 1.79. The normalized spacial score (nSPS) is 21.7. The third-order valence-electron chi connectivity index (χ3n) is 2.87. The molecule has 1 heterocycles. The van der Waals surface area contributed by atoms with Crippen molar-refractivity contribution in [1.29, 1.82) is 0 Å². The minimum Gasteiger partial charge on any atom is -0.343 e.